The van der Waals surface area contributed by atoms with Gasteiger partial charge >= 0.3 is 6.18 Å². The van der Waals surface area contributed by atoms with Gasteiger partial charge in [0.25, 0.3) is 0 Å². The Balaban J connectivity index is 1.68. The summed E-state index contributed by atoms with van der Waals surface area (Å²) in [7, 11) is 0. The summed E-state index contributed by atoms with van der Waals surface area (Å²) in [4.78, 5) is 11.8. The summed E-state index contributed by atoms with van der Waals surface area (Å²) < 4.78 is 41.3. The highest BCUT2D eigenvalue weighted by atomic mass is 19.4. The number of carbonyl (C=O) groups excluding carboxylic acids is 1. The van der Waals surface area contributed by atoms with E-state index in [-0.39, 0.29) is 6.42 Å². The van der Waals surface area contributed by atoms with Crippen LogP contribution in [0.5, 0.6) is 0 Å². The molecule has 0 amide bonds. The lowest BCUT2D eigenvalue weighted by atomic mass is 9.94. The van der Waals surface area contributed by atoms with Crippen LogP contribution in [0.15, 0.2) is 84.9 Å². The van der Waals surface area contributed by atoms with Gasteiger partial charge in [0.1, 0.15) is 6.29 Å². The maximum atomic E-state index is 13.1. The molecule has 33 heavy (non-hydrogen) atoms. The molecule has 1 aromatic heterocycles. The third kappa shape index (κ3) is 5.40. The van der Waals surface area contributed by atoms with Crippen molar-refractivity contribution in [1.82, 2.24) is 9.78 Å². The Morgan fingerprint density at radius 2 is 1.67 bits per heavy atom. The fraction of sp³-hybridized carbons (Fsp3) is 0.185. The van der Waals surface area contributed by atoms with Crippen LogP contribution in [-0.4, -0.2) is 16.1 Å². The van der Waals surface area contributed by atoms with Gasteiger partial charge in [-0.05, 0) is 35.7 Å². The molecule has 0 saturated heterocycles. The summed E-state index contributed by atoms with van der Waals surface area (Å²) in [5.41, 5.74) is 4.30. The second-order valence-corrected chi connectivity index (χ2v) is 8.10. The van der Waals surface area contributed by atoms with Gasteiger partial charge in [-0.2, -0.15) is 18.3 Å². The highest BCUT2D eigenvalue weighted by Crippen LogP contribution is 2.32. The lowest BCUT2D eigenvalue weighted by molar-refractivity contribution is -0.137. The van der Waals surface area contributed by atoms with E-state index in [4.69, 9.17) is 5.10 Å². The van der Waals surface area contributed by atoms with Crippen LogP contribution in [0.2, 0.25) is 0 Å². The Morgan fingerprint density at radius 3 is 2.33 bits per heavy atom. The number of nitrogens with zero attached hydrogens (tertiary/aromatic N) is 2. The predicted molar refractivity (Wildman–Crippen MR) is 122 cm³/mol. The number of rotatable bonds is 7. The Morgan fingerprint density at radius 1 is 0.939 bits per heavy atom. The number of alkyl halides is 3. The first-order valence-corrected chi connectivity index (χ1v) is 10.6. The topological polar surface area (TPSA) is 34.9 Å². The number of hydrogen-bond donors (Lipinski definition) is 0. The average Bonchev–Trinajstić information content (AvgIpc) is 3.20. The molecule has 0 saturated carbocycles. The molecule has 0 aliphatic carbocycles. The number of aryl methyl sites for hydroxylation is 1. The third-order valence-electron chi connectivity index (χ3n) is 5.59. The molecule has 0 aliphatic heterocycles. The van der Waals surface area contributed by atoms with Crippen LogP contribution in [-0.2, 0) is 23.9 Å². The van der Waals surface area contributed by atoms with E-state index in [1.807, 2.05) is 72.3 Å². The zero-order valence-corrected chi connectivity index (χ0v) is 18.1. The fourth-order valence-electron chi connectivity index (χ4n) is 3.82. The SMILES string of the molecule is Cc1ccc(-c2cc(CC(C=O)c3cccc(C(F)(F)F)c3)nn2Cc2ccccc2)cc1. The van der Waals surface area contributed by atoms with Gasteiger partial charge in [0.05, 0.1) is 23.5 Å². The maximum absolute atomic E-state index is 13.1. The predicted octanol–water partition coefficient (Wildman–Crippen LogP) is 6.45. The average molecular weight is 448 g/mol. The summed E-state index contributed by atoms with van der Waals surface area (Å²) in [6.07, 6.45) is -3.55. The van der Waals surface area contributed by atoms with Gasteiger partial charge in [-0.3, -0.25) is 4.68 Å². The molecule has 0 fully saturated rings. The first kappa shape index (κ1) is 22.5. The fourth-order valence-corrected chi connectivity index (χ4v) is 3.82. The van der Waals surface area contributed by atoms with E-state index in [1.165, 1.54) is 6.07 Å². The molecule has 0 spiro atoms. The Hall–Kier alpha value is -3.67. The first-order valence-electron chi connectivity index (χ1n) is 10.6. The number of carbonyl (C=O) groups is 1. The minimum Gasteiger partial charge on any atom is -0.303 e. The molecule has 1 atom stereocenters. The summed E-state index contributed by atoms with van der Waals surface area (Å²) in [6.45, 7) is 2.56. The van der Waals surface area contributed by atoms with Crippen molar-refractivity contribution in [1.29, 1.82) is 0 Å². The van der Waals surface area contributed by atoms with Crippen LogP contribution >= 0.6 is 0 Å². The van der Waals surface area contributed by atoms with E-state index in [0.717, 1.165) is 34.5 Å². The molecule has 0 N–H and O–H groups in total. The summed E-state index contributed by atoms with van der Waals surface area (Å²) in [6, 6.07) is 24.8. The molecule has 0 radical (unpaired) electrons. The van der Waals surface area contributed by atoms with Crippen molar-refractivity contribution in [3.8, 4) is 11.3 Å². The molecule has 4 rings (SSSR count). The highest BCUT2D eigenvalue weighted by molar-refractivity contribution is 5.64. The summed E-state index contributed by atoms with van der Waals surface area (Å²) >= 11 is 0. The van der Waals surface area contributed by atoms with Gasteiger partial charge < -0.3 is 4.79 Å². The molecular formula is C27H23F3N2O. The number of hydrogen-bond acceptors (Lipinski definition) is 2. The van der Waals surface area contributed by atoms with E-state index < -0.39 is 17.7 Å². The van der Waals surface area contributed by atoms with Crippen molar-refractivity contribution in [3.05, 3.63) is 113 Å². The van der Waals surface area contributed by atoms with Gasteiger partial charge in [0.15, 0.2) is 0 Å². The van der Waals surface area contributed by atoms with Crippen molar-refractivity contribution in [3.63, 3.8) is 0 Å². The largest absolute Gasteiger partial charge is 0.416 e. The molecular weight excluding hydrogens is 425 g/mol. The van der Waals surface area contributed by atoms with Gasteiger partial charge in [-0.15, -0.1) is 0 Å². The zero-order chi connectivity index (χ0) is 23.4. The van der Waals surface area contributed by atoms with E-state index >= 15 is 0 Å². The lowest BCUT2D eigenvalue weighted by Gasteiger charge is -2.12. The van der Waals surface area contributed by atoms with Crippen molar-refractivity contribution in [2.75, 3.05) is 0 Å². The van der Waals surface area contributed by atoms with E-state index in [2.05, 4.69) is 0 Å². The number of aldehydes is 1. The normalized spacial score (nSPS) is 12.5. The van der Waals surface area contributed by atoms with Crippen LogP contribution in [0, 0.1) is 6.92 Å². The standard InChI is InChI=1S/C27H23F3N2O/c1-19-10-12-21(13-11-19)26-16-25(31-32(26)17-20-6-3-2-4-7-20)15-23(18-33)22-8-5-9-24(14-22)27(28,29)30/h2-14,16,18,23H,15,17H2,1H3. The molecule has 0 aliphatic rings. The van der Waals surface area contributed by atoms with Crippen LogP contribution in [0.1, 0.15) is 33.9 Å². The summed E-state index contributed by atoms with van der Waals surface area (Å²) in [5, 5.41) is 4.72. The van der Waals surface area contributed by atoms with Gasteiger partial charge in [-0.25, -0.2) is 0 Å². The monoisotopic (exact) mass is 448 g/mol. The first-order chi connectivity index (χ1) is 15.8. The molecule has 1 heterocycles. The maximum Gasteiger partial charge on any atom is 0.416 e. The van der Waals surface area contributed by atoms with Crippen molar-refractivity contribution < 1.29 is 18.0 Å². The molecule has 1 unspecified atom stereocenters. The second-order valence-electron chi connectivity index (χ2n) is 8.10. The molecule has 168 valence electrons. The number of benzene rings is 3. The second kappa shape index (κ2) is 9.45. The van der Waals surface area contributed by atoms with Crippen molar-refractivity contribution >= 4 is 6.29 Å². The lowest BCUT2D eigenvalue weighted by Crippen LogP contribution is -2.10. The quantitative estimate of drug-likeness (QED) is 0.305. The van der Waals surface area contributed by atoms with Gasteiger partial charge in [-0.1, -0.05) is 78.4 Å². The van der Waals surface area contributed by atoms with Crippen LogP contribution < -0.4 is 0 Å². The van der Waals surface area contributed by atoms with E-state index in [1.54, 1.807) is 6.07 Å². The minimum absolute atomic E-state index is 0.214. The molecule has 3 nitrogen and oxygen atoms in total. The van der Waals surface area contributed by atoms with E-state index in [0.29, 0.717) is 24.1 Å². The van der Waals surface area contributed by atoms with Crippen molar-refractivity contribution in [2.24, 2.45) is 0 Å². The molecule has 3 aromatic carbocycles. The van der Waals surface area contributed by atoms with Crippen LogP contribution in [0.4, 0.5) is 13.2 Å². The van der Waals surface area contributed by atoms with Gasteiger partial charge in [0, 0.05) is 12.3 Å². The molecule has 6 heteroatoms. The zero-order valence-electron chi connectivity index (χ0n) is 18.1. The molecule has 0 bridgehead atoms. The Labute approximate surface area is 190 Å². The van der Waals surface area contributed by atoms with Crippen LogP contribution in [0.3, 0.4) is 0 Å². The van der Waals surface area contributed by atoms with Crippen molar-refractivity contribution in [2.45, 2.75) is 32.0 Å². The van der Waals surface area contributed by atoms with Crippen LogP contribution in [0.25, 0.3) is 11.3 Å². The number of aromatic nitrogens is 2. The summed E-state index contributed by atoms with van der Waals surface area (Å²) in [5.74, 6) is -0.724. The van der Waals surface area contributed by atoms with E-state index in [9.17, 15) is 18.0 Å². The van der Waals surface area contributed by atoms with Gasteiger partial charge in [0.2, 0.25) is 0 Å². The minimum atomic E-state index is -4.46. The Kier molecular flexibility index (Phi) is 6.45. The molecule has 4 aromatic rings. The third-order valence-corrected chi connectivity index (χ3v) is 5.59. The smallest absolute Gasteiger partial charge is 0.303 e. The highest BCUT2D eigenvalue weighted by Gasteiger charge is 2.31. The number of halogens is 3. The Bertz CT molecular complexity index is 1230.